The van der Waals surface area contributed by atoms with Crippen molar-refractivity contribution in [2.75, 3.05) is 0 Å². The highest BCUT2D eigenvalue weighted by Gasteiger charge is 2.14. The number of pyridine rings is 1. The predicted molar refractivity (Wildman–Crippen MR) is 68.6 cm³/mol. The minimum Gasteiger partial charge on any atom is -0.506 e. The van der Waals surface area contributed by atoms with Crippen LogP contribution in [0.25, 0.3) is 0 Å². The number of hydrogen-bond acceptors (Lipinski definition) is 5. The molecule has 0 saturated heterocycles. The van der Waals surface area contributed by atoms with Gasteiger partial charge in [0.25, 0.3) is 5.91 Å². The molecule has 0 aliphatic rings. The largest absolute Gasteiger partial charge is 0.506 e. The van der Waals surface area contributed by atoms with E-state index >= 15 is 0 Å². The zero-order valence-electron chi connectivity index (χ0n) is 10.0. The third kappa shape index (κ3) is 2.84. The predicted octanol–water partition coefficient (Wildman–Crippen LogP) is 2.04. The van der Waals surface area contributed by atoms with Gasteiger partial charge in [-0.15, -0.1) is 11.3 Å². The number of aromatic nitrogens is 2. The van der Waals surface area contributed by atoms with Crippen LogP contribution in [0.4, 0.5) is 0 Å². The Morgan fingerprint density at radius 1 is 1.50 bits per heavy atom. The standard InChI is InChI=1S/C12H13N3O2S/c1-7-6-18-12(14-7)8(2)15-11(17)9-3-10(16)5-13-4-9/h3-6,8,16H,1-2H3,(H,15,17). The molecule has 2 aromatic rings. The van der Waals surface area contributed by atoms with Crippen LogP contribution in [0.5, 0.6) is 5.75 Å². The molecule has 6 heteroatoms. The maximum Gasteiger partial charge on any atom is 0.253 e. The average Bonchev–Trinajstić information content (AvgIpc) is 2.76. The van der Waals surface area contributed by atoms with Crippen LogP contribution in [0.2, 0.25) is 0 Å². The van der Waals surface area contributed by atoms with E-state index in [2.05, 4.69) is 15.3 Å². The number of nitrogens with zero attached hydrogens (tertiary/aromatic N) is 2. The molecule has 1 unspecified atom stereocenters. The average molecular weight is 263 g/mol. The normalized spacial score (nSPS) is 12.1. The summed E-state index contributed by atoms with van der Waals surface area (Å²) in [4.78, 5) is 20.0. The van der Waals surface area contributed by atoms with Crippen molar-refractivity contribution in [2.45, 2.75) is 19.9 Å². The van der Waals surface area contributed by atoms with Gasteiger partial charge in [0.1, 0.15) is 10.8 Å². The smallest absolute Gasteiger partial charge is 0.253 e. The topological polar surface area (TPSA) is 75.1 Å². The number of aryl methyl sites for hydroxylation is 1. The summed E-state index contributed by atoms with van der Waals surface area (Å²) < 4.78 is 0. The SMILES string of the molecule is Cc1csc(C(C)NC(=O)c2cncc(O)c2)n1. The quantitative estimate of drug-likeness (QED) is 0.888. The molecule has 0 aliphatic heterocycles. The molecule has 2 heterocycles. The van der Waals surface area contributed by atoms with Crippen molar-refractivity contribution < 1.29 is 9.90 Å². The van der Waals surface area contributed by atoms with Gasteiger partial charge in [-0.05, 0) is 19.9 Å². The summed E-state index contributed by atoms with van der Waals surface area (Å²) in [6, 6.07) is 1.21. The lowest BCUT2D eigenvalue weighted by Gasteiger charge is -2.11. The van der Waals surface area contributed by atoms with Gasteiger partial charge >= 0.3 is 0 Å². The van der Waals surface area contributed by atoms with Gasteiger partial charge < -0.3 is 10.4 Å². The molecule has 2 N–H and O–H groups in total. The second-order valence-electron chi connectivity index (χ2n) is 3.95. The summed E-state index contributed by atoms with van der Waals surface area (Å²) in [5, 5.41) is 14.9. The molecule has 0 radical (unpaired) electrons. The van der Waals surface area contributed by atoms with Gasteiger partial charge in [0.15, 0.2) is 0 Å². The van der Waals surface area contributed by atoms with Crippen LogP contribution in [0, 0.1) is 6.92 Å². The van der Waals surface area contributed by atoms with E-state index in [9.17, 15) is 9.90 Å². The van der Waals surface area contributed by atoms with Crippen LogP contribution in [-0.4, -0.2) is 21.0 Å². The molecule has 0 fully saturated rings. The molecule has 94 valence electrons. The number of carbonyl (C=O) groups is 1. The second kappa shape index (κ2) is 5.14. The Balaban J connectivity index is 2.08. The van der Waals surface area contributed by atoms with Gasteiger partial charge in [0.05, 0.1) is 17.8 Å². The number of hydrogen-bond donors (Lipinski definition) is 2. The highest BCUT2D eigenvalue weighted by molar-refractivity contribution is 7.09. The molecular weight excluding hydrogens is 250 g/mol. The first kappa shape index (κ1) is 12.5. The summed E-state index contributed by atoms with van der Waals surface area (Å²) in [6.07, 6.45) is 2.69. The number of rotatable bonds is 3. The fraction of sp³-hybridized carbons (Fsp3) is 0.250. The van der Waals surface area contributed by atoms with Crippen molar-refractivity contribution in [1.29, 1.82) is 0 Å². The summed E-state index contributed by atoms with van der Waals surface area (Å²) in [5.74, 6) is -0.306. The number of aromatic hydroxyl groups is 1. The van der Waals surface area contributed by atoms with Gasteiger partial charge in [-0.3, -0.25) is 9.78 Å². The fourth-order valence-corrected chi connectivity index (χ4v) is 2.27. The van der Waals surface area contributed by atoms with Gasteiger partial charge in [-0.25, -0.2) is 4.98 Å². The number of nitrogens with one attached hydrogen (secondary N) is 1. The summed E-state index contributed by atoms with van der Waals surface area (Å²) >= 11 is 1.51. The molecule has 0 bridgehead atoms. The number of amides is 1. The molecule has 5 nitrogen and oxygen atoms in total. The molecule has 2 aromatic heterocycles. The first-order chi connectivity index (χ1) is 8.56. The van der Waals surface area contributed by atoms with Crippen molar-refractivity contribution in [3.05, 3.63) is 40.1 Å². The van der Waals surface area contributed by atoms with E-state index in [1.165, 1.54) is 29.8 Å². The molecule has 2 rings (SSSR count). The molecule has 0 aliphatic carbocycles. The monoisotopic (exact) mass is 263 g/mol. The van der Waals surface area contributed by atoms with Crippen molar-refractivity contribution in [2.24, 2.45) is 0 Å². The zero-order valence-corrected chi connectivity index (χ0v) is 10.9. The van der Waals surface area contributed by atoms with Crippen molar-refractivity contribution in [3.63, 3.8) is 0 Å². The molecule has 0 saturated carbocycles. The lowest BCUT2D eigenvalue weighted by atomic mass is 10.2. The molecule has 0 aromatic carbocycles. The first-order valence-electron chi connectivity index (χ1n) is 5.43. The highest BCUT2D eigenvalue weighted by Crippen LogP contribution is 2.18. The third-order valence-electron chi connectivity index (χ3n) is 2.34. The summed E-state index contributed by atoms with van der Waals surface area (Å²) in [7, 11) is 0. The van der Waals surface area contributed by atoms with E-state index in [1.807, 2.05) is 19.2 Å². The van der Waals surface area contributed by atoms with Crippen LogP contribution in [0.3, 0.4) is 0 Å². The number of carbonyl (C=O) groups excluding carboxylic acids is 1. The Kier molecular flexibility index (Phi) is 3.57. The Morgan fingerprint density at radius 2 is 2.28 bits per heavy atom. The summed E-state index contributed by atoms with van der Waals surface area (Å²) in [5.41, 5.74) is 1.27. The van der Waals surface area contributed by atoms with Crippen LogP contribution in [0.15, 0.2) is 23.8 Å². The molecular formula is C12H13N3O2S. The van der Waals surface area contributed by atoms with E-state index in [1.54, 1.807) is 0 Å². The lowest BCUT2D eigenvalue weighted by Crippen LogP contribution is -2.26. The minimum absolute atomic E-state index is 0.0274. The molecule has 1 amide bonds. The maximum absolute atomic E-state index is 11.9. The summed E-state index contributed by atoms with van der Waals surface area (Å²) in [6.45, 7) is 3.78. The molecule has 0 spiro atoms. The van der Waals surface area contributed by atoms with E-state index in [0.29, 0.717) is 5.56 Å². The van der Waals surface area contributed by atoms with Gasteiger partial charge in [-0.1, -0.05) is 0 Å². The number of thiazole rings is 1. The second-order valence-corrected chi connectivity index (χ2v) is 4.84. The van der Waals surface area contributed by atoms with E-state index in [-0.39, 0.29) is 17.7 Å². The first-order valence-corrected chi connectivity index (χ1v) is 6.31. The van der Waals surface area contributed by atoms with Crippen molar-refractivity contribution >= 4 is 17.2 Å². The highest BCUT2D eigenvalue weighted by atomic mass is 32.1. The van der Waals surface area contributed by atoms with Crippen LogP contribution in [0.1, 0.15) is 34.0 Å². The van der Waals surface area contributed by atoms with Crippen LogP contribution < -0.4 is 5.32 Å². The Hall–Kier alpha value is -1.95. The fourth-order valence-electron chi connectivity index (χ4n) is 1.46. The maximum atomic E-state index is 11.9. The van der Waals surface area contributed by atoms with Crippen molar-refractivity contribution in [1.82, 2.24) is 15.3 Å². The Labute approximate surface area is 109 Å². The van der Waals surface area contributed by atoms with E-state index in [4.69, 9.17) is 0 Å². The third-order valence-corrected chi connectivity index (χ3v) is 3.49. The van der Waals surface area contributed by atoms with Gasteiger partial charge in [0, 0.05) is 17.3 Å². The zero-order chi connectivity index (χ0) is 13.1. The molecule has 18 heavy (non-hydrogen) atoms. The lowest BCUT2D eigenvalue weighted by molar-refractivity contribution is 0.0939. The van der Waals surface area contributed by atoms with Crippen LogP contribution in [-0.2, 0) is 0 Å². The van der Waals surface area contributed by atoms with Gasteiger partial charge in [0.2, 0.25) is 0 Å². The van der Waals surface area contributed by atoms with Crippen LogP contribution >= 0.6 is 11.3 Å². The molecule has 1 atom stereocenters. The Morgan fingerprint density at radius 3 is 2.89 bits per heavy atom. The van der Waals surface area contributed by atoms with E-state index < -0.39 is 0 Å². The van der Waals surface area contributed by atoms with E-state index in [0.717, 1.165) is 10.7 Å². The Bertz CT molecular complexity index is 568. The van der Waals surface area contributed by atoms with Gasteiger partial charge in [-0.2, -0.15) is 0 Å². The minimum atomic E-state index is -0.279. The van der Waals surface area contributed by atoms with Crippen molar-refractivity contribution in [3.8, 4) is 5.75 Å².